The van der Waals surface area contributed by atoms with Crippen LogP contribution in [-0.4, -0.2) is 66.8 Å². The molecule has 29 heavy (non-hydrogen) atoms. The maximum atomic E-state index is 13.2. The van der Waals surface area contributed by atoms with Gasteiger partial charge in [0.1, 0.15) is 5.41 Å². The molecular weight excluding hydrogens is 394 g/mol. The van der Waals surface area contributed by atoms with E-state index in [1.54, 1.807) is 16.7 Å². The van der Waals surface area contributed by atoms with Gasteiger partial charge >= 0.3 is 5.97 Å². The van der Waals surface area contributed by atoms with Crippen molar-refractivity contribution >= 4 is 29.4 Å². The first-order valence-electron chi connectivity index (χ1n) is 10.5. The van der Waals surface area contributed by atoms with Gasteiger partial charge in [0.25, 0.3) is 6.29 Å². The Balaban J connectivity index is 2.14. The van der Waals surface area contributed by atoms with Crippen molar-refractivity contribution in [3.8, 4) is 0 Å². The lowest BCUT2D eigenvalue weighted by Crippen LogP contribution is -2.63. The second-order valence-electron chi connectivity index (χ2n) is 8.62. The highest BCUT2D eigenvalue weighted by Crippen LogP contribution is 2.43. The molecular formula is C21H35NO6S. The second kappa shape index (κ2) is 10.3. The number of Topliss-reactive ketones (excluding diaryl/α,β-unsaturated/α-hetero) is 1. The highest BCUT2D eigenvalue weighted by molar-refractivity contribution is 8.00. The zero-order valence-electron chi connectivity index (χ0n) is 18.3. The van der Waals surface area contributed by atoms with Crippen molar-refractivity contribution in [2.75, 3.05) is 32.6 Å². The van der Waals surface area contributed by atoms with E-state index in [9.17, 15) is 14.4 Å². The molecule has 2 fully saturated rings. The van der Waals surface area contributed by atoms with Crippen molar-refractivity contribution in [1.29, 1.82) is 0 Å². The second-order valence-corrected chi connectivity index (χ2v) is 9.79. The van der Waals surface area contributed by atoms with E-state index in [-0.39, 0.29) is 30.2 Å². The minimum Gasteiger partial charge on any atom is -0.427 e. The number of carbonyl (C=O) groups excluding carboxylic acids is 3. The summed E-state index contributed by atoms with van der Waals surface area (Å²) in [7, 11) is 1.52. The largest absolute Gasteiger partial charge is 0.427 e. The fourth-order valence-electron chi connectivity index (χ4n) is 3.36. The number of esters is 1. The molecule has 0 N–H and O–H groups in total. The highest BCUT2D eigenvalue weighted by Gasteiger charge is 2.53. The number of ketones is 1. The zero-order chi connectivity index (χ0) is 21.7. The van der Waals surface area contributed by atoms with Crippen LogP contribution in [0.15, 0.2) is 0 Å². The smallest absolute Gasteiger partial charge is 0.319 e. The molecule has 3 atom stereocenters. The number of nitrogens with zero attached hydrogens (tertiary/aromatic N) is 1. The van der Waals surface area contributed by atoms with Gasteiger partial charge in [0, 0.05) is 24.8 Å². The number of thioether (sulfide) groups is 1. The monoisotopic (exact) mass is 429 g/mol. The third-order valence-electron chi connectivity index (χ3n) is 5.89. The van der Waals surface area contributed by atoms with E-state index in [1.165, 1.54) is 7.11 Å². The molecule has 0 saturated carbocycles. The fourth-order valence-corrected chi connectivity index (χ4v) is 4.79. The van der Waals surface area contributed by atoms with Gasteiger partial charge in [-0.25, -0.2) is 0 Å². The molecule has 0 aromatic heterocycles. The molecule has 2 aliphatic heterocycles. The molecule has 2 aliphatic rings. The van der Waals surface area contributed by atoms with Crippen molar-refractivity contribution < 1.29 is 28.6 Å². The Hall–Kier alpha value is -1.12. The quantitative estimate of drug-likeness (QED) is 0.204. The van der Waals surface area contributed by atoms with Crippen LogP contribution in [0.25, 0.3) is 0 Å². The van der Waals surface area contributed by atoms with Crippen molar-refractivity contribution in [2.24, 2.45) is 10.8 Å². The summed E-state index contributed by atoms with van der Waals surface area (Å²) in [4.78, 5) is 39.9. The summed E-state index contributed by atoms with van der Waals surface area (Å²) in [6.45, 7) is 8.41. The molecule has 7 nitrogen and oxygen atoms in total. The number of unbranched alkanes of at least 4 members (excludes halogenated alkanes) is 2. The van der Waals surface area contributed by atoms with Crippen LogP contribution in [-0.2, 0) is 28.6 Å². The van der Waals surface area contributed by atoms with Crippen LogP contribution in [0.3, 0.4) is 0 Å². The first-order chi connectivity index (χ1) is 13.7. The van der Waals surface area contributed by atoms with E-state index in [4.69, 9.17) is 14.2 Å². The topological polar surface area (TPSA) is 82.1 Å². The Morgan fingerprint density at radius 3 is 2.62 bits per heavy atom. The SMILES string of the molecule is CCCCCOC(OC(=O)C1(COC)CS[C@@H]2CC(=O)N2C1)C(=O)C(C)(C)CC. The van der Waals surface area contributed by atoms with Crippen LogP contribution in [0.4, 0.5) is 0 Å². The molecule has 8 heteroatoms. The summed E-state index contributed by atoms with van der Waals surface area (Å²) in [6.07, 6.45) is 2.69. The molecule has 0 aliphatic carbocycles. The third kappa shape index (κ3) is 5.52. The number of β-lactam (4-membered cyclic amide) rings is 1. The van der Waals surface area contributed by atoms with Gasteiger partial charge < -0.3 is 19.1 Å². The molecule has 2 unspecified atom stereocenters. The number of rotatable bonds is 12. The molecule has 0 radical (unpaired) electrons. The third-order valence-corrected chi connectivity index (χ3v) is 7.42. The van der Waals surface area contributed by atoms with Gasteiger partial charge in [0.15, 0.2) is 0 Å². The Morgan fingerprint density at radius 2 is 2.03 bits per heavy atom. The van der Waals surface area contributed by atoms with Gasteiger partial charge in [-0.1, -0.05) is 40.5 Å². The highest BCUT2D eigenvalue weighted by atomic mass is 32.2. The molecule has 0 spiro atoms. The molecule has 0 aromatic carbocycles. The van der Waals surface area contributed by atoms with Gasteiger partial charge in [-0.05, 0) is 12.8 Å². The molecule has 166 valence electrons. The van der Waals surface area contributed by atoms with Gasteiger partial charge in [0.2, 0.25) is 11.7 Å². The average molecular weight is 430 g/mol. The molecule has 1 amide bonds. The van der Waals surface area contributed by atoms with E-state index >= 15 is 0 Å². The van der Waals surface area contributed by atoms with Crippen molar-refractivity contribution in [2.45, 2.75) is 71.5 Å². The average Bonchev–Trinajstić information content (AvgIpc) is 2.70. The molecule has 0 aromatic rings. The molecule has 2 rings (SSSR count). The Kier molecular flexibility index (Phi) is 8.55. The van der Waals surface area contributed by atoms with Crippen molar-refractivity contribution in [1.82, 2.24) is 4.90 Å². The Labute approximate surface area is 178 Å². The summed E-state index contributed by atoms with van der Waals surface area (Å²) < 4.78 is 16.7. The van der Waals surface area contributed by atoms with E-state index in [0.717, 1.165) is 19.3 Å². The van der Waals surface area contributed by atoms with Gasteiger partial charge in [0.05, 0.1) is 25.0 Å². The number of carbonyl (C=O) groups is 3. The summed E-state index contributed by atoms with van der Waals surface area (Å²) in [5.74, 6) is -0.252. The normalized spacial score (nSPS) is 25.2. The summed E-state index contributed by atoms with van der Waals surface area (Å²) in [5.41, 5.74) is -1.66. The van der Waals surface area contributed by atoms with E-state index in [0.29, 0.717) is 25.2 Å². The number of fused-ring (bicyclic) bond motifs is 1. The maximum absolute atomic E-state index is 13.2. The van der Waals surface area contributed by atoms with Crippen LogP contribution in [0, 0.1) is 10.8 Å². The number of methoxy groups -OCH3 is 1. The lowest BCUT2D eigenvalue weighted by Gasteiger charge is -2.50. The number of hydrogen-bond donors (Lipinski definition) is 0. The molecule has 2 saturated heterocycles. The van der Waals surface area contributed by atoms with Crippen LogP contribution >= 0.6 is 11.8 Å². The van der Waals surface area contributed by atoms with Crippen molar-refractivity contribution in [3.05, 3.63) is 0 Å². The first kappa shape index (κ1) is 24.2. The number of hydrogen-bond acceptors (Lipinski definition) is 7. The Bertz CT molecular complexity index is 610. The number of ether oxygens (including phenoxy) is 3. The predicted octanol–water partition coefficient (Wildman–Crippen LogP) is 3.01. The standard InChI is InChI=1S/C21H35NO6S/c1-6-8-9-10-27-18(17(24)20(3,4)7-2)28-19(25)21(13-26-5)12-22-15(23)11-16(22)29-14-21/h16,18H,6-14H2,1-5H3/t16-,18?,21?/m1/s1. The van der Waals surface area contributed by atoms with Gasteiger partial charge in [-0.15, -0.1) is 11.8 Å². The molecule has 2 heterocycles. The van der Waals surface area contributed by atoms with Crippen molar-refractivity contribution in [3.63, 3.8) is 0 Å². The summed E-state index contributed by atoms with van der Waals surface area (Å²) in [5, 5.41) is 0.127. The van der Waals surface area contributed by atoms with E-state index in [2.05, 4.69) is 6.92 Å². The van der Waals surface area contributed by atoms with Crippen LogP contribution in [0.1, 0.15) is 59.8 Å². The first-order valence-corrected chi connectivity index (χ1v) is 11.5. The Morgan fingerprint density at radius 1 is 1.31 bits per heavy atom. The van der Waals surface area contributed by atoms with Gasteiger partial charge in [-0.2, -0.15) is 0 Å². The van der Waals surface area contributed by atoms with Crippen LogP contribution in [0.2, 0.25) is 0 Å². The van der Waals surface area contributed by atoms with E-state index < -0.39 is 23.1 Å². The lowest BCUT2D eigenvalue weighted by molar-refractivity contribution is -0.200. The zero-order valence-corrected chi connectivity index (χ0v) is 19.1. The molecule has 0 bridgehead atoms. The predicted molar refractivity (Wildman–Crippen MR) is 111 cm³/mol. The summed E-state index contributed by atoms with van der Waals surface area (Å²) >= 11 is 1.56. The number of amides is 1. The minimum absolute atomic E-state index is 0.0334. The van der Waals surface area contributed by atoms with E-state index in [1.807, 2.05) is 20.8 Å². The maximum Gasteiger partial charge on any atom is 0.319 e. The fraction of sp³-hybridized carbons (Fsp3) is 0.857. The summed E-state index contributed by atoms with van der Waals surface area (Å²) in [6, 6.07) is 0. The van der Waals surface area contributed by atoms with Crippen LogP contribution in [0.5, 0.6) is 0 Å². The van der Waals surface area contributed by atoms with Crippen LogP contribution < -0.4 is 0 Å². The van der Waals surface area contributed by atoms with Gasteiger partial charge in [-0.3, -0.25) is 14.4 Å². The lowest BCUT2D eigenvalue weighted by atomic mass is 9.84. The minimum atomic E-state index is -1.24.